The van der Waals surface area contributed by atoms with E-state index in [0.717, 1.165) is 43.3 Å². The van der Waals surface area contributed by atoms with Crippen LogP contribution in [0.5, 0.6) is 0 Å². The topological polar surface area (TPSA) is 57.8 Å². The van der Waals surface area contributed by atoms with Crippen molar-refractivity contribution < 1.29 is 0 Å². The first kappa shape index (κ1) is 10.7. The molecule has 0 aromatic carbocycles. The molecular weight excluding hydrogens is 210 g/mol. The molecule has 0 radical (unpaired) electrons. The SMILES string of the molecule is Cl.O=c1[nH]c(C2CCNCC2)ns1. The number of halogens is 1. The number of nitrogens with zero attached hydrogens (tertiary/aromatic N) is 1. The Morgan fingerprint density at radius 1 is 1.38 bits per heavy atom. The van der Waals surface area contributed by atoms with Crippen LogP contribution in [-0.2, 0) is 0 Å². The first-order valence-electron chi connectivity index (χ1n) is 4.13. The molecule has 0 unspecified atom stereocenters. The molecule has 1 aromatic rings. The summed E-state index contributed by atoms with van der Waals surface area (Å²) in [4.78, 5) is 13.5. The molecular formula is C7H12ClN3OS. The molecule has 0 spiro atoms. The van der Waals surface area contributed by atoms with Crippen LogP contribution in [-0.4, -0.2) is 22.4 Å². The molecule has 6 heteroatoms. The average molecular weight is 222 g/mol. The number of nitrogens with one attached hydrogen (secondary N) is 2. The number of piperidine rings is 1. The highest BCUT2D eigenvalue weighted by atomic mass is 35.5. The number of aromatic nitrogens is 2. The van der Waals surface area contributed by atoms with E-state index in [1.165, 1.54) is 0 Å². The first-order valence-corrected chi connectivity index (χ1v) is 4.90. The van der Waals surface area contributed by atoms with Gasteiger partial charge in [0, 0.05) is 17.5 Å². The number of rotatable bonds is 1. The van der Waals surface area contributed by atoms with E-state index >= 15 is 0 Å². The summed E-state index contributed by atoms with van der Waals surface area (Å²) in [5.74, 6) is 1.34. The van der Waals surface area contributed by atoms with Crippen LogP contribution in [0.15, 0.2) is 4.79 Å². The van der Waals surface area contributed by atoms with E-state index in [0.29, 0.717) is 5.92 Å². The van der Waals surface area contributed by atoms with Crippen molar-refractivity contribution in [3.63, 3.8) is 0 Å². The summed E-state index contributed by atoms with van der Waals surface area (Å²) in [5, 5.41) is 3.27. The minimum Gasteiger partial charge on any atom is -0.317 e. The Labute approximate surface area is 86.3 Å². The third-order valence-electron chi connectivity index (χ3n) is 2.18. The molecule has 0 saturated carbocycles. The third-order valence-corrected chi connectivity index (χ3v) is 2.74. The highest BCUT2D eigenvalue weighted by molar-refractivity contribution is 7.02. The largest absolute Gasteiger partial charge is 0.323 e. The summed E-state index contributed by atoms with van der Waals surface area (Å²) in [6.45, 7) is 2.06. The molecule has 2 N–H and O–H groups in total. The number of hydrogen-bond acceptors (Lipinski definition) is 4. The lowest BCUT2D eigenvalue weighted by Gasteiger charge is -2.19. The van der Waals surface area contributed by atoms with Crippen LogP contribution in [0.3, 0.4) is 0 Å². The number of aromatic amines is 1. The summed E-state index contributed by atoms with van der Waals surface area (Å²) in [6.07, 6.45) is 2.17. The zero-order valence-electron chi connectivity index (χ0n) is 7.08. The highest BCUT2D eigenvalue weighted by Gasteiger charge is 2.17. The van der Waals surface area contributed by atoms with Crippen molar-refractivity contribution in [1.82, 2.24) is 14.7 Å². The van der Waals surface area contributed by atoms with Gasteiger partial charge in [-0.15, -0.1) is 12.4 Å². The van der Waals surface area contributed by atoms with Crippen LogP contribution in [0.2, 0.25) is 0 Å². The fourth-order valence-corrected chi connectivity index (χ4v) is 2.04. The minimum absolute atomic E-state index is 0. The normalized spacial score (nSPS) is 18.2. The van der Waals surface area contributed by atoms with Crippen molar-refractivity contribution in [2.24, 2.45) is 0 Å². The standard InChI is InChI=1S/C7H11N3OS.ClH/c11-7-9-6(10-12-7)5-1-3-8-4-2-5;/h5,8H,1-4H2,(H,9,10,11);1H. The molecule has 4 nitrogen and oxygen atoms in total. The van der Waals surface area contributed by atoms with Gasteiger partial charge in [-0.3, -0.25) is 9.78 Å². The van der Waals surface area contributed by atoms with Gasteiger partial charge in [0.1, 0.15) is 5.82 Å². The van der Waals surface area contributed by atoms with E-state index < -0.39 is 0 Å². The van der Waals surface area contributed by atoms with E-state index in [1.807, 2.05) is 0 Å². The van der Waals surface area contributed by atoms with E-state index in [1.54, 1.807) is 0 Å². The Morgan fingerprint density at radius 3 is 2.62 bits per heavy atom. The van der Waals surface area contributed by atoms with Crippen LogP contribution in [0.4, 0.5) is 0 Å². The van der Waals surface area contributed by atoms with E-state index in [2.05, 4.69) is 14.7 Å². The van der Waals surface area contributed by atoms with Crippen LogP contribution < -0.4 is 10.2 Å². The maximum atomic E-state index is 10.8. The molecule has 0 atom stereocenters. The fraction of sp³-hybridized carbons (Fsp3) is 0.714. The van der Waals surface area contributed by atoms with Crippen LogP contribution in [0.1, 0.15) is 24.6 Å². The third kappa shape index (κ3) is 2.52. The Hall–Kier alpha value is -0.390. The van der Waals surface area contributed by atoms with Gasteiger partial charge in [0.15, 0.2) is 0 Å². The Morgan fingerprint density at radius 2 is 2.08 bits per heavy atom. The lowest BCUT2D eigenvalue weighted by Crippen LogP contribution is -2.27. The molecule has 13 heavy (non-hydrogen) atoms. The van der Waals surface area contributed by atoms with Crippen molar-refractivity contribution in [3.05, 3.63) is 15.5 Å². The Bertz CT molecular complexity index is 305. The molecule has 2 rings (SSSR count). The van der Waals surface area contributed by atoms with Crippen molar-refractivity contribution in [2.75, 3.05) is 13.1 Å². The molecule has 2 heterocycles. The van der Waals surface area contributed by atoms with Gasteiger partial charge in [-0.05, 0) is 25.9 Å². The van der Waals surface area contributed by atoms with Crippen molar-refractivity contribution >= 4 is 23.9 Å². The second-order valence-corrected chi connectivity index (χ2v) is 3.74. The van der Waals surface area contributed by atoms with E-state index in [4.69, 9.17) is 0 Å². The summed E-state index contributed by atoms with van der Waals surface area (Å²) in [7, 11) is 0. The number of hydrogen-bond donors (Lipinski definition) is 2. The lowest BCUT2D eigenvalue weighted by molar-refractivity contribution is 0.447. The van der Waals surface area contributed by atoms with Gasteiger partial charge < -0.3 is 5.32 Å². The summed E-state index contributed by atoms with van der Waals surface area (Å²) in [6, 6.07) is 0. The van der Waals surface area contributed by atoms with Crippen molar-refractivity contribution in [3.8, 4) is 0 Å². The molecule has 0 bridgehead atoms. The zero-order chi connectivity index (χ0) is 8.39. The predicted molar refractivity (Wildman–Crippen MR) is 54.8 cm³/mol. The smallest absolute Gasteiger partial charge is 0.317 e. The van der Waals surface area contributed by atoms with Gasteiger partial charge >= 0.3 is 4.87 Å². The second kappa shape index (κ2) is 4.74. The van der Waals surface area contributed by atoms with E-state index in [-0.39, 0.29) is 17.3 Å². The van der Waals surface area contributed by atoms with E-state index in [9.17, 15) is 4.79 Å². The summed E-state index contributed by atoms with van der Waals surface area (Å²) < 4.78 is 4.09. The summed E-state index contributed by atoms with van der Waals surface area (Å²) in [5.41, 5.74) is 0. The molecule has 74 valence electrons. The van der Waals surface area contributed by atoms with Gasteiger partial charge in [0.25, 0.3) is 0 Å². The van der Waals surface area contributed by atoms with Crippen molar-refractivity contribution in [1.29, 1.82) is 0 Å². The molecule has 0 amide bonds. The Kier molecular flexibility index (Phi) is 3.90. The van der Waals surface area contributed by atoms with Gasteiger partial charge in [0.2, 0.25) is 0 Å². The minimum atomic E-state index is -0.0384. The number of H-pyrrole nitrogens is 1. The zero-order valence-corrected chi connectivity index (χ0v) is 8.71. The molecule has 1 aromatic heterocycles. The molecule has 1 aliphatic rings. The maximum absolute atomic E-state index is 10.8. The summed E-state index contributed by atoms with van der Waals surface area (Å²) >= 11 is 1.02. The molecule has 1 aliphatic heterocycles. The second-order valence-electron chi connectivity index (χ2n) is 3.00. The van der Waals surface area contributed by atoms with Crippen LogP contribution in [0, 0.1) is 0 Å². The molecule has 1 fully saturated rings. The van der Waals surface area contributed by atoms with Gasteiger partial charge in [-0.1, -0.05) is 0 Å². The fourth-order valence-electron chi connectivity index (χ4n) is 1.51. The lowest BCUT2D eigenvalue weighted by atomic mass is 9.98. The molecule has 0 aliphatic carbocycles. The van der Waals surface area contributed by atoms with Gasteiger partial charge in [-0.25, -0.2) is 0 Å². The van der Waals surface area contributed by atoms with Gasteiger partial charge in [0.05, 0.1) is 0 Å². The quantitative estimate of drug-likeness (QED) is 0.735. The maximum Gasteiger partial charge on any atom is 0.323 e. The predicted octanol–water partition coefficient (Wildman–Crippen LogP) is 0.720. The first-order chi connectivity index (χ1) is 5.86. The highest BCUT2D eigenvalue weighted by Crippen LogP contribution is 2.20. The van der Waals surface area contributed by atoms with Gasteiger partial charge in [-0.2, -0.15) is 4.37 Å². The Balaban J connectivity index is 0.000000845. The van der Waals surface area contributed by atoms with Crippen LogP contribution in [0.25, 0.3) is 0 Å². The van der Waals surface area contributed by atoms with Crippen molar-refractivity contribution in [2.45, 2.75) is 18.8 Å². The average Bonchev–Trinajstić information content (AvgIpc) is 2.54. The monoisotopic (exact) mass is 221 g/mol. The molecule has 1 saturated heterocycles. The van der Waals surface area contributed by atoms with Crippen LogP contribution >= 0.6 is 23.9 Å².